The summed E-state index contributed by atoms with van der Waals surface area (Å²) in [5, 5.41) is 0. The van der Waals surface area contributed by atoms with Crippen LogP contribution in [0.25, 0.3) is 6.08 Å². The van der Waals surface area contributed by atoms with E-state index < -0.39 is 0 Å². The van der Waals surface area contributed by atoms with Crippen LogP contribution < -0.4 is 4.74 Å². The number of likely N-dealkylation sites (N-methyl/N-ethyl adjacent to an activating group) is 1. The average Bonchev–Trinajstić information content (AvgIpc) is 2.46. The van der Waals surface area contributed by atoms with Crippen molar-refractivity contribution in [2.45, 2.75) is 13.3 Å². The molecule has 0 saturated heterocycles. The summed E-state index contributed by atoms with van der Waals surface area (Å²) in [5.41, 5.74) is 2.66. The molecule has 0 N–H and O–H groups in total. The minimum atomic E-state index is 0. The third-order valence-corrected chi connectivity index (χ3v) is 3.38. The molecule has 1 aliphatic heterocycles. The van der Waals surface area contributed by atoms with Crippen LogP contribution in [0.2, 0.25) is 0 Å². The van der Waals surface area contributed by atoms with Gasteiger partial charge in [-0.2, -0.15) is 0 Å². The molecule has 2 rings (SSSR count). The molecule has 104 valence electrons. The minimum Gasteiger partial charge on any atom is -0.497 e. The van der Waals surface area contributed by atoms with Gasteiger partial charge in [0.05, 0.1) is 7.11 Å². The molecule has 0 saturated carbocycles. The summed E-state index contributed by atoms with van der Waals surface area (Å²) in [5.74, 6) is 0.905. The Hall–Kier alpha value is -1.25. The van der Waals surface area contributed by atoms with Gasteiger partial charge in [-0.05, 0) is 36.2 Å². The number of ether oxygens (including phenoxy) is 1. The van der Waals surface area contributed by atoms with E-state index in [-0.39, 0.29) is 12.4 Å². The highest BCUT2D eigenvalue weighted by Gasteiger charge is 2.07. The summed E-state index contributed by atoms with van der Waals surface area (Å²) in [7, 11) is 1.69. The fraction of sp³-hybridized carbons (Fsp3) is 0.375. The second-order valence-electron chi connectivity index (χ2n) is 4.53. The van der Waals surface area contributed by atoms with Gasteiger partial charge in [-0.1, -0.05) is 37.3 Å². The van der Waals surface area contributed by atoms with Crippen LogP contribution in [0.4, 0.5) is 0 Å². The fourth-order valence-corrected chi connectivity index (χ4v) is 2.08. The molecule has 1 aliphatic rings. The summed E-state index contributed by atoms with van der Waals surface area (Å²) in [6.07, 6.45) is 7.88. The Bertz CT molecular complexity index is 437. The molecule has 1 aromatic rings. The zero-order valence-corrected chi connectivity index (χ0v) is 12.5. The van der Waals surface area contributed by atoms with Crippen molar-refractivity contribution in [1.29, 1.82) is 0 Å². The third-order valence-electron chi connectivity index (χ3n) is 3.38. The zero-order valence-electron chi connectivity index (χ0n) is 11.6. The molecule has 0 amide bonds. The molecule has 0 radical (unpaired) electrons. The van der Waals surface area contributed by atoms with Crippen molar-refractivity contribution in [2.24, 2.45) is 0 Å². The Labute approximate surface area is 122 Å². The van der Waals surface area contributed by atoms with Crippen molar-refractivity contribution in [3.05, 3.63) is 47.6 Å². The van der Waals surface area contributed by atoms with Crippen molar-refractivity contribution < 1.29 is 4.74 Å². The van der Waals surface area contributed by atoms with E-state index in [0.717, 1.165) is 25.3 Å². The van der Waals surface area contributed by atoms with Crippen LogP contribution in [-0.4, -0.2) is 31.6 Å². The van der Waals surface area contributed by atoms with Gasteiger partial charge in [0.25, 0.3) is 0 Å². The van der Waals surface area contributed by atoms with Crippen LogP contribution in [0, 0.1) is 0 Å². The molecule has 0 bridgehead atoms. The molecule has 0 atom stereocenters. The Morgan fingerprint density at radius 1 is 1.21 bits per heavy atom. The first-order valence-electron chi connectivity index (χ1n) is 6.55. The van der Waals surface area contributed by atoms with E-state index in [9.17, 15) is 0 Å². The molecule has 2 nitrogen and oxygen atoms in total. The molecule has 0 aromatic heterocycles. The number of hydrogen-bond acceptors (Lipinski definition) is 2. The zero-order chi connectivity index (χ0) is 12.8. The number of rotatable bonds is 4. The Balaban J connectivity index is 0.00000180. The molecule has 1 aromatic carbocycles. The lowest BCUT2D eigenvalue weighted by Crippen LogP contribution is -2.27. The first-order chi connectivity index (χ1) is 8.81. The van der Waals surface area contributed by atoms with Crippen LogP contribution in [0.5, 0.6) is 5.75 Å². The number of halogens is 1. The van der Waals surface area contributed by atoms with Crippen LogP contribution in [0.15, 0.2) is 42.0 Å². The highest BCUT2D eigenvalue weighted by molar-refractivity contribution is 5.85. The summed E-state index contributed by atoms with van der Waals surface area (Å²) in [6, 6.07) is 8.15. The van der Waals surface area contributed by atoms with Gasteiger partial charge < -0.3 is 4.74 Å². The lowest BCUT2D eigenvalue weighted by molar-refractivity contribution is 0.312. The van der Waals surface area contributed by atoms with Crippen LogP contribution >= 0.6 is 12.4 Å². The maximum atomic E-state index is 5.15. The van der Waals surface area contributed by atoms with Crippen LogP contribution in [-0.2, 0) is 0 Å². The minimum absolute atomic E-state index is 0. The number of hydrogen-bond donors (Lipinski definition) is 0. The number of benzene rings is 1. The van der Waals surface area contributed by atoms with Gasteiger partial charge in [0, 0.05) is 13.1 Å². The van der Waals surface area contributed by atoms with E-state index in [2.05, 4.69) is 42.2 Å². The van der Waals surface area contributed by atoms with Gasteiger partial charge in [-0.15, -0.1) is 12.4 Å². The fourth-order valence-electron chi connectivity index (χ4n) is 2.08. The molecular weight excluding hydrogens is 258 g/mol. The second-order valence-corrected chi connectivity index (χ2v) is 4.53. The molecule has 1 heterocycles. The van der Waals surface area contributed by atoms with Crippen LogP contribution in [0.1, 0.15) is 18.9 Å². The van der Waals surface area contributed by atoms with E-state index in [1.165, 1.54) is 17.7 Å². The van der Waals surface area contributed by atoms with E-state index in [4.69, 9.17) is 4.74 Å². The van der Waals surface area contributed by atoms with Gasteiger partial charge >= 0.3 is 0 Å². The number of methoxy groups -OCH3 is 1. The van der Waals surface area contributed by atoms with Crippen molar-refractivity contribution in [3.63, 3.8) is 0 Å². The van der Waals surface area contributed by atoms with Gasteiger partial charge in [0.2, 0.25) is 0 Å². The normalized spacial score (nSPS) is 16.0. The molecule has 0 aliphatic carbocycles. The smallest absolute Gasteiger partial charge is 0.118 e. The van der Waals surface area contributed by atoms with E-state index in [0.29, 0.717) is 0 Å². The maximum Gasteiger partial charge on any atom is 0.118 e. The van der Waals surface area contributed by atoms with Gasteiger partial charge in [-0.25, -0.2) is 0 Å². The lowest BCUT2D eigenvalue weighted by Gasteiger charge is -2.23. The molecule has 3 heteroatoms. The van der Waals surface area contributed by atoms with E-state index >= 15 is 0 Å². The summed E-state index contributed by atoms with van der Waals surface area (Å²) in [6.45, 7) is 5.62. The molecule has 0 fully saturated rings. The highest BCUT2D eigenvalue weighted by atomic mass is 35.5. The molecule has 19 heavy (non-hydrogen) atoms. The van der Waals surface area contributed by atoms with Crippen molar-refractivity contribution in [1.82, 2.24) is 4.90 Å². The predicted octanol–water partition coefficient (Wildman–Crippen LogP) is 3.78. The molecule has 0 spiro atoms. The monoisotopic (exact) mass is 279 g/mol. The lowest BCUT2D eigenvalue weighted by atomic mass is 10.1. The quantitative estimate of drug-likeness (QED) is 0.832. The topological polar surface area (TPSA) is 12.5 Å². The van der Waals surface area contributed by atoms with Gasteiger partial charge in [0.15, 0.2) is 0 Å². The third kappa shape index (κ3) is 4.73. The van der Waals surface area contributed by atoms with Crippen molar-refractivity contribution >= 4 is 18.5 Å². The first kappa shape index (κ1) is 15.8. The molecule has 0 unspecified atom stereocenters. The summed E-state index contributed by atoms with van der Waals surface area (Å²) < 4.78 is 5.15. The van der Waals surface area contributed by atoms with Crippen molar-refractivity contribution in [2.75, 3.05) is 26.7 Å². The second kappa shape index (κ2) is 8.03. The standard InChI is InChI=1S/C16H21NO.ClH/c1-3-17-12-10-15(11-13-17)5-4-14-6-8-16(18-2)9-7-14;/h4-10H,3,11-13H2,1-2H3;1H. The maximum absolute atomic E-state index is 5.15. The largest absolute Gasteiger partial charge is 0.497 e. The summed E-state index contributed by atoms with van der Waals surface area (Å²) >= 11 is 0. The van der Waals surface area contributed by atoms with E-state index in [1.807, 2.05) is 12.1 Å². The van der Waals surface area contributed by atoms with Gasteiger partial charge in [0.1, 0.15) is 5.75 Å². The average molecular weight is 280 g/mol. The number of nitrogens with zero attached hydrogens (tertiary/aromatic N) is 1. The van der Waals surface area contributed by atoms with Crippen molar-refractivity contribution in [3.8, 4) is 5.75 Å². The SMILES string of the molecule is CCN1CC=C(C=Cc2ccc(OC)cc2)CC1.Cl. The van der Waals surface area contributed by atoms with Gasteiger partial charge in [-0.3, -0.25) is 4.90 Å². The van der Waals surface area contributed by atoms with E-state index in [1.54, 1.807) is 7.11 Å². The highest BCUT2D eigenvalue weighted by Crippen LogP contribution is 2.16. The number of allylic oxidation sites excluding steroid dienone is 1. The Morgan fingerprint density at radius 3 is 2.47 bits per heavy atom. The molecular formula is C16H22ClNO. The summed E-state index contributed by atoms with van der Waals surface area (Å²) in [4.78, 5) is 2.45. The predicted molar refractivity (Wildman–Crippen MR) is 84.1 cm³/mol. The Morgan fingerprint density at radius 2 is 1.95 bits per heavy atom. The van der Waals surface area contributed by atoms with Crippen LogP contribution in [0.3, 0.4) is 0 Å². The first-order valence-corrected chi connectivity index (χ1v) is 6.55. The Kier molecular flexibility index (Phi) is 6.68.